The number of hydrogen-bond acceptors (Lipinski definition) is 3. The molecule has 0 bridgehead atoms. The predicted octanol–water partition coefficient (Wildman–Crippen LogP) is 4.10. The van der Waals surface area contributed by atoms with Gasteiger partial charge in [-0.2, -0.15) is 13.2 Å². The van der Waals surface area contributed by atoms with Gasteiger partial charge in [0, 0.05) is 37.0 Å². The maximum Gasteiger partial charge on any atom is 0.416 e. The first-order valence-corrected chi connectivity index (χ1v) is 7.83. The van der Waals surface area contributed by atoms with E-state index in [1.165, 1.54) is 19.1 Å². The molecule has 138 valence electrons. The van der Waals surface area contributed by atoms with Crippen molar-refractivity contribution >= 4 is 28.9 Å². The van der Waals surface area contributed by atoms with Gasteiger partial charge in [0.05, 0.1) is 5.56 Å². The number of nitrogens with one attached hydrogen (secondary N) is 3. The van der Waals surface area contributed by atoms with E-state index in [9.17, 15) is 22.8 Å². The summed E-state index contributed by atoms with van der Waals surface area (Å²) in [5.74, 6) is -0.474. The minimum atomic E-state index is -4.40. The maximum atomic E-state index is 12.5. The van der Waals surface area contributed by atoms with Crippen LogP contribution in [0.4, 0.5) is 30.2 Å². The van der Waals surface area contributed by atoms with Crippen molar-refractivity contribution in [1.29, 1.82) is 0 Å². The second kappa shape index (κ2) is 8.37. The van der Waals surface area contributed by atoms with Crippen LogP contribution in [-0.2, 0) is 15.8 Å². The molecule has 8 heteroatoms. The molecule has 0 heterocycles. The fourth-order valence-electron chi connectivity index (χ4n) is 2.16. The molecule has 2 aromatic carbocycles. The van der Waals surface area contributed by atoms with Crippen LogP contribution in [-0.4, -0.2) is 18.4 Å². The molecule has 0 radical (unpaired) electrons. The quantitative estimate of drug-likeness (QED) is 0.722. The van der Waals surface area contributed by atoms with E-state index >= 15 is 0 Å². The molecule has 0 aromatic heterocycles. The van der Waals surface area contributed by atoms with Crippen LogP contribution < -0.4 is 16.0 Å². The zero-order valence-corrected chi connectivity index (χ0v) is 14.0. The summed E-state index contributed by atoms with van der Waals surface area (Å²) in [5.41, 5.74) is 0.993. The number of amides is 2. The lowest BCUT2D eigenvalue weighted by atomic mass is 10.2. The Morgan fingerprint density at radius 1 is 0.846 bits per heavy atom. The summed E-state index contributed by atoms with van der Waals surface area (Å²) in [6.07, 6.45) is -4.25. The molecule has 5 nitrogen and oxygen atoms in total. The van der Waals surface area contributed by atoms with Crippen molar-refractivity contribution in [3.05, 3.63) is 54.1 Å². The summed E-state index contributed by atoms with van der Waals surface area (Å²) < 4.78 is 37.4. The van der Waals surface area contributed by atoms with Crippen molar-refractivity contribution < 1.29 is 22.8 Å². The van der Waals surface area contributed by atoms with E-state index in [2.05, 4.69) is 16.0 Å². The Morgan fingerprint density at radius 3 is 1.88 bits per heavy atom. The molecule has 2 rings (SSSR count). The molecular formula is C18H18F3N3O2. The number of halogens is 3. The number of anilines is 3. The fourth-order valence-corrected chi connectivity index (χ4v) is 2.16. The average molecular weight is 365 g/mol. The van der Waals surface area contributed by atoms with Crippen LogP contribution in [0.2, 0.25) is 0 Å². The first-order valence-electron chi connectivity index (χ1n) is 7.83. The number of benzene rings is 2. The molecule has 0 aliphatic rings. The minimum Gasteiger partial charge on any atom is -0.385 e. The molecule has 2 amide bonds. The van der Waals surface area contributed by atoms with E-state index in [1.54, 1.807) is 24.3 Å². The van der Waals surface area contributed by atoms with Crippen molar-refractivity contribution in [2.24, 2.45) is 0 Å². The van der Waals surface area contributed by atoms with Crippen molar-refractivity contribution in [3.8, 4) is 0 Å². The Hall–Kier alpha value is -3.03. The first kappa shape index (κ1) is 19.3. The molecule has 3 N–H and O–H groups in total. The molecular weight excluding hydrogens is 347 g/mol. The zero-order chi connectivity index (χ0) is 19.2. The van der Waals surface area contributed by atoms with Crippen LogP contribution in [0.3, 0.4) is 0 Å². The Labute approximate surface area is 148 Å². The highest BCUT2D eigenvalue weighted by molar-refractivity contribution is 5.91. The van der Waals surface area contributed by atoms with Gasteiger partial charge in [-0.1, -0.05) is 0 Å². The van der Waals surface area contributed by atoms with Gasteiger partial charge >= 0.3 is 6.18 Å². The van der Waals surface area contributed by atoms with Crippen LogP contribution >= 0.6 is 0 Å². The standard InChI is InChI=1S/C18H18F3N3O2/c1-12(25)23-15-8-6-14(7-9-15)22-11-10-17(26)24-16-4-2-13(3-5-16)18(19,20)21/h2-9,22H,10-11H2,1H3,(H,23,25)(H,24,26). The van der Waals surface area contributed by atoms with Crippen LogP contribution in [0.25, 0.3) is 0 Å². The lowest BCUT2D eigenvalue weighted by Crippen LogP contribution is -2.16. The SMILES string of the molecule is CC(=O)Nc1ccc(NCCC(=O)Nc2ccc(C(F)(F)F)cc2)cc1. The second-order valence-corrected chi connectivity index (χ2v) is 5.56. The third-order valence-electron chi connectivity index (χ3n) is 3.38. The largest absolute Gasteiger partial charge is 0.416 e. The van der Waals surface area contributed by atoms with Gasteiger partial charge in [-0.05, 0) is 48.5 Å². The molecule has 0 aliphatic carbocycles. The highest BCUT2D eigenvalue weighted by Gasteiger charge is 2.29. The minimum absolute atomic E-state index is 0.147. The molecule has 2 aromatic rings. The van der Waals surface area contributed by atoms with Crippen molar-refractivity contribution in [1.82, 2.24) is 0 Å². The normalized spacial score (nSPS) is 10.9. The van der Waals surface area contributed by atoms with Crippen LogP contribution in [0, 0.1) is 0 Å². The Kier molecular flexibility index (Phi) is 6.21. The molecule has 0 aliphatic heterocycles. The molecule has 0 spiro atoms. The van der Waals surface area contributed by atoms with Crippen molar-refractivity contribution in [2.75, 3.05) is 22.5 Å². The summed E-state index contributed by atoms with van der Waals surface area (Å²) in [6, 6.07) is 11.3. The number of carbonyl (C=O) groups excluding carboxylic acids is 2. The second-order valence-electron chi connectivity index (χ2n) is 5.56. The van der Waals surface area contributed by atoms with Gasteiger partial charge in [-0.3, -0.25) is 9.59 Å². The van der Waals surface area contributed by atoms with E-state index in [-0.39, 0.29) is 18.2 Å². The van der Waals surface area contributed by atoms with Gasteiger partial charge in [0.1, 0.15) is 0 Å². The van der Waals surface area contributed by atoms with Gasteiger partial charge < -0.3 is 16.0 Å². The van der Waals surface area contributed by atoms with Gasteiger partial charge in [-0.15, -0.1) is 0 Å². The topological polar surface area (TPSA) is 70.2 Å². The summed E-state index contributed by atoms with van der Waals surface area (Å²) >= 11 is 0. The number of rotatable bonds is 6. The highest BCUT2D eigenvalue weighted by Crippen LogP contribution is 2.29. The summed E-state index contributed by atoms with van der Waals surface area (Å²) in [4.78, 5) is 22.8. The third-order valence-corrected chi connectivity index (χ3v) is 3.38. The first-order chi connectivity index (χ1) is 12.2. The molecule has 0 fully saturated rings. The third kappa shape index (κ3) is 6.12. The van der Waals surface area contributed by atoms with E-state index in [0.29, 0.717) is 17.9 Å². The van der Waals surface area contributed by atoms with Gasteiger partial charge in [0.2, 0.25) is 11.8 Å². The molecule has 0 saturated heterocycles. The summed E-state index contributed by atoms with van der Waals surface area (Å²) in [5, 5.41) is 8.24. The Balaban J connectivity index is 1.77. The van der Waals surface area contributed by atoms with Gasteiger partial charge in [0.25, 0.3) is 0 Å². The number of alkyl halides is 3. The monoisotopic (exact) mass is 365 g/mol. The predicted molar refractivity (Wildman–Crippen MR) is 93.9 cm³/mol. The van der Waals surface area contributed by atoms with Crippen molar-refractivity contribution in [2.45, 2.75) is 19.5 Å². The molecule has 0 unspecified atom stereocenters. The molecule has 26 heavy (non-hydrogen) atoms. The van der Waals surface area contributed by atoms with Gasteiger partial charge in [0.15, 0.2) is 0 Å². The lowest BCUT2D eigenvalue weighted by molar-refractivity contribution is -0.137. The van der Waals surface area contributed by atoms with Gasteiger partial charge in [-0.25, -0.2) is 0 Å². The highest BCUT2D eigenvalue weighted by atomic mass is 19.4. The fraction of sp³-hybridized carbons (Fsp3) is 0.222. The summed E-state index contributed by atoms with van der Waals surface area (Å²) in [6.45, 7) is 1.77. The van der Waals surface area contributed by atoms with Crippen LogP contribution in [0.15, 0.2) is 48.5 Å². The smallest absolute Gasteiger partial charge is 0.385 e. The lowest BCUT2D eigenvalue weighted by Gasteiger charge is -2.10. The number of carbonyl (C=O) groups is 2. The maximum absolute atomic E-state index is 12.5. The van der Waals surface area contributed by atoms with Crippen molar-refractivity contribution in [3.63, 3.8) is 0 Å². The van der Waals surface area contributed by atoms with E-state index in [1.807, 2.05) is 0 Å². The van der Waals surface area contributed by atoms with E-state index in [0.717, 1.165) is 17.8 Å². The van der Waals surface area contributed by atoms with E-state index < -0.39 is 11.7 Å². The van der Waals surface area contributed by atoms with Crippen LogP contribution in [0.5, 0.6) is 0 Å². The van der Waals surface area contributed by atoms with E-state index in [4.69, 9.17) is 0 Å². The van der Waals surface area contributed by atoms with Crippen LogP contribution in [0.1, 0.15) is 18.9 Å². The molecule has 0 atom stereocenters. The Bertz CT molecular complexity index is 757. The average Bonchev–Trinajstić information content (AvgIpc) is 2.55. The summed E-state index contributed by atoms with van der Waals surface area (Å²) in [7, 11) is 0. The molecule has 0 saturated carbocycles. The Morgan fingerprint density at radius 2 is 1.35 bits per heavy atom. The zero-order valence-electron chi connectivity index (χ0n) is 14.0. The number of hydrogen-bond donors (Lipinski definition) is 3.